The number of hydrogen-bond donors (Lipinski definition) is 2. The van der Waals surface area contributed by atoms with E-state index in [4.69, 9.17) is 0 Å². The molecule has 1 aromatic heterocycles. The number of aromatic nitrogens is 2. The van der Waals surface area contributed by atoms with Crippen LogP contribution in [-0.4, -0.2) is 15.1 Å². The Labute approximate surface area is 98.8 Å². The predicted octanol–water partition coefficient (Wildman–Crippen LogP) is 1.14. The summed E-state index contributed by atoms with van der Waals surface area (Å²) in [5.74, 6) is 0.470. The summed E-state index contributed by atoms with van der Waals surface area (Å²) >= 11 is 0. The smallest absolute Gasteiger partial charge is 0.251 e. The molecular formula is C10H8N2O2Zn. The molecule has 1 heterocycles. The molecular weight excluding hydrogens is 246 g/mol. The molecule has 0 aliphatic rings. The second kappa shape index (κ2) is 4.85. The molecule has 0 atom stereocenters. The van der Waals surface area contributed by atoms with E-state index in [0.717, 1.165) is 0 Å². The topological polar surface area (TPSA) is 66.0 Å². The Hall–Kier alpha value is -1.48. The summed E-state index contributed by atoms with van der Waals surface area (Å²) in [6, 6.07) is 8.03. The van der Waals surface area contributed by atoms with E-state index < -0.39 is 0 Å². The summed E-state index contributed by atoms with van der Waals surface area (Å²) in [4.78, 5) is 17.5. The van der Waals surface area contributed by atoms with E-state index in [-0.39, 0.29) is 30.8 Å². The van der Waals surface area contributed by atoms with Crippen molar-refractivity contribution < 1.29 is 24.6 Å². The SMILES string of the molecule is O=c1ccnc(-c2ccccc2O)[nH]1.[Zn]. The van der Waals surface area contributed by atoms with E-state index in [9.17, 15) is 9.90 Å². The molecule has 0 bridgehead atoms. The average molecular weight is 254 g/mol. The molecule has 0 fully saturated rings. The molecule has 0 aliphatic carbocycles. The first-order chi connectivity index (χ1) is 6.77. The predicted molar refractivity (Wildman–Crippen MR) is 52.0 cm³/mol. The maximum atomic E-state index is 11.0. The Kier molecular flexibility index (Phi) is 3.75. The van der Waals surface area contributed by atoms with Gasteiger partial charge in [0.2, 0.25) is 0 Å². The zero-order valence-electron chi connectivity index (χ0n) is 7.97. The van der Waals surface area contributed by atoms with Crippen molar-refractivity contribution in [3.63, 3.8) is 0 Å². The Morgan fingerprint density at radius 1 is 1.20 bits per heavy atom. The van der Waals surface area contributed by atoms with Crippen molar-refractivity contribution in [3.8, 4) is 17.1 Å². The summed E-state index contributed by atoms with van der Waals surface area (Å²) < 4.78 is 0. The minimum Gasteiger partial charge on any atom is -0.507 e. The average Bonchev–Trinajstić information content (AvgIpc) is 2.18. The van der Waals surface area contributed by atoms with Gasteiger partial charge < -0.3 is 10.1 Å². The van der Waals surface area contributed by atoms with Crippen LogP contribution in [0, 0.1) is 0 Å². The third kappa shape index (κ3) is 2.51. The molecule has 2 rings (SSSR count). The van der Waals surface area contributed by atoms with E-state index in [1.54, 1.807) is 24.3 Å². The molecule has 0 radical (unpaired) electrons. The fourth-order valence-corrected chi connectivity index (χ4v) is 1.18. The molecule has 0 amide bonds. The summed E-state index contributed by atoms with van der Waals surface area (Å²) in [6.45, 7) is 0. The molecule has 4 nitrogen and oxygen atoms in total. The van der Waals surface area contributed by atoms with Crippen molar-refractivity contribution in [2.75, 3.05) is 0 Å². The second-order valence-corrected chi connectivity index (χ2v) is 2.80. The van der Waals surface area contributed by atoms with Crippen molar-refractivity contribution in [2.45, 2.75) is 0 Å². The van der Waals surface area contributed by atoms with Crippen LogP contribution in [0.5, 0.6) is 5.75 Å². The van der Waals surface area contributed by atoms with Crippen LogP contribution in [0.1, 0.15) is 0 Å². The Balaban J connectivity index is 0.00000112. The molecule has 0 unspecified atom stereocenters. The van der Waals surface area contributed by atoms with Crippen LogP contribution in [0.25, 0.3) is 11.4 Å². The summed E-state index contributed by atoms with van der Waals surface area (Å²) in [6.07, 6.45) is 1.40. The standard InChI is InChI=1S/C10H8N2O2.Zn/c13-8-4-2-1-3-7(8)10-11-6-5-9(14)12-10;/h1-6,13H,(H,11,12,14);. The van der Waals surface area contributed by atoms with E-state index >= 15 is 0 Å². The molecule has 1 aromatic carbocycles. The van der Waals surface area contributed by atoms with Crippen LogP contribution in [0.15, 0.2) is 41.3 Å². The molecule has 0 spiro atoms. The summed E-state index contributed by atoms with van der Waals surface area (Å²) in [5, 5.41) is 9.49. The number of H-pyrrole nitrogens is 1. The van der Waals surface area contributed by atoms with Crippen molar-refractivity contribution in [1.82, 2.24) is 9.97 Å². The number of aromatic hydroxyl groups is 1. The van der Waals surface area contributed by atoms with Crippen molar-refractivity contribution >= 4 is 0 Å². The zero-order valence-corrected chi connectivity index (χ0v) is 10.9. The van der Waals surface area contributed by atoms with Gasteiger partial charge in [-0.15, -0.1) is 0 Å². The molecule has 2 N–H and O–H groups in total. The monoisotopic (exact) mass is 252 g/mol. The Bertz CT molecular complexity index is 511. The fraction of sp³-hybridized carbons (Fsp3) is 0. The molecule has 0 saturated carbocycles. The number of phenolic OH excluding ortho intramolecular Hbond substituents is 1. The number of nitrogens with zero attached hydrogens (tertiary/aromatic N) is 1. The number of nitrogens with one attached hydrogen (secondary N) is 1. The number of phenols is 1. The van der Waals surface area contributed by atoms with Crippen molar-refractivity contribution in [1.29, 1.82) is 0 Å². The van der Waals surface area contributed by atoms with Crippen LogP contribution < -0.4 is 5.56 Å². The van der Waals surface area contributed by atoms with Gasteiger partial charge in [0.1, 0.15) is 11.6 Å². The number of aromatic amines is 1. The first-order valence-corrected chi connectivity index (χ1v) is 4.11. The summed E-state index contributed by atoms with van der Waals surface area (Å²) in [5.41, 5.74) is 0.281. The maximum Gasteiger partial charge on any atom is 0.251 e. The third-order valence-corrected chi connectivity index (χ3v) is 1.83. The van der Waals surface area contributed by atoms with E-state index in [1.807, 2.05) is 0 Å². The van der Waals surface area contributed by atoms with Crippen LogP contribution in [0.4, 0.5) is 0 Å². The molecule has 5 heteroatoms. The quantitative estimate of drug-likeness (QED) is 0.749. The maximum absolute atomic E-state index is 11.0. The van der Waals surface area contributed by atoms with E-state index in [0.29, 0.717) is 11.4 Å². The number of para-hydroxylation sites is 1. The van der Waals surface area contributed by atoms with Crippen LogP contribution >= 0.6 is 0 Å². The molecule has 72 valence electrons. The number of hydrogen-bond acceptors (Lipinski definition) is 3. The van der Waals surface area contributed by atoms with Gasteiger partial charge in [-0.05, 0) is 12.1 Å². The normalized spacial score (nSPS) is 9.33. The van der Waals surface area contributed by atoms with Crippen molar-refractivity contribution in [2.24, 2.45) is 0 Å². The summed E-state index contributed by atoms with van der Waals surface area (Å²) in [7, 11) is 0. The molecule has 0 aliphatic heterocycles. The van der Waals surface area contributed by atoms with Crippen LogP contribution in [0.2, 0.25) is 0 Å². The van der Waals surface area contributed by atoms with E-state index in [2.05, 4.69) is 9.97 Å². The van der Waals surface area contributed by atoms with Gasteiger partial charge in [-0.3, -0.25) is 4.79 Å². The molecule has 0 saturated heterocycles. The van der Waals surface area contributed by atoms with Crippen molar-refractivity contribution in [3.05, 3.63) is 46.9 Å². The van der Waals surface area contributed by atoms with Crippen LogP contribution in [-0.2, 0) is 19.5 Å². The first kappa shape index (κ1) is 11.6. The first-order valence-electron chi connectivity index (χ1n) is 4.11. The van der Waals surface area contributed by atoms with Gasteiger partial charge in [-0.1, -0.05) is 12.1 Å². The Morgan fingerprint density at radius 3 is 2.60 bits per heavy atom. The van der Waals surface area contributed by atoms with Gasteiger partial charge in [-0.25, -0.2) is 4.98 Å². The Morgan fingerprint density at radius 2 is 1.93 bits per heavy atom. The molecule has 15 heavy (non-hydrogen) atoms. The van der Waals surface area contributed by atoms with Gasteiger partial charge in [0.15, 0.2) is 0 Å². The van der Waals surface area contributed by atoms with Crippen LogP contribution in [0.3, 0.4) is 0 Å². The van der Waals surface area contributed by atoms with Gasteiger partial charge in [-0.2, -0.15) is 0 Å². The largest absolute Gasteiger partial charge is 0.507 e. The number of rotatable bonds is 1. The minimum atomic E-state index is -0.238. The third-order valence-electron chi connectivity index (χ3n) is 1.83. The number of benzene rings is 1. The van der Waals surface area contributed by atoms with Gasteiger partial charge in [0.25, 0.3) is 5.56 Å². The van der Waals surface area contributed by atoms with Gasteiger partial charge >= 0.3 is 0 Å². The van der Waals surface area contributed by atoms with E-state index in [1.165, 1.54) is 12.3 Å². The second-order valence-electron chi connectivity index (χ2n) is 2.80. The van der Waals surface area contributed by atoms with Gasteiger partial charge in [0, 0.05) is 31.7 Å². The minimum absolute atomic E-state index is 0. The molecule has 2 aromatic rings. The zero-order chi connectivity index (χ0) is 9.97. The fourth-order valence-electron chi connectivity index (χ4n) is 1.18. The van der Waals surface area contributed by atoms with Gasteiger partial charge in [0.05, 0.1) is 5.56 Å².